The third kappa shape index (κ3) is 2.46. The zero-order valence-electron chi connectivity index (χ0n) is 9.47. The van der Waals surface area contributed by atoms with Gasteiger partial charge in [0, 0.05) is 12.6 Å². The van der Waals surface area contributed by atoms with Crippen molar-refractivity contribution >= 4 is 0 Å². The Morgan fingerprint density at radius 1 is 1.25 bits per heavy atom. The van der Waals surface area contributed by atoms with Crippen LogP contribution in [-0.4, -0.2) is 10.3 Å². The molecular formula is C12H15N3O. The van der Waals surface area contributed by atoms with Gasteiger partial charge in [0.15, 0.2) is 0 Å². The number of aromatic nitrogens is 2. The average molecular weight is 217 g/mol. The summed E-state index contributed by atoms with van der Waals surface area (Å²) in [6.07, 6.45) is 0. The molecule has 0 radical (unpaired) electrons. The lowest BCUT2D eigenvalue weighted by atomic mass is 10.1. The third-order valence-electron chi connectivity index (χ3n) is 2.62. The summed E-state index contributed by atoms with van der Waals surface area (Å²) in [7, 11) is 0. The van der Waals surface area contributed by atoms with Crippen LogP contribution in [0.15, 0.2) is 35.0 Å². The number of nitrogens with one attached hydrogen (secondary N) is 1. The van der Waals surface area contributed by atoms with Gasteiger partial charge in [-0.25, -0.2) is 4.63 Å². The molecule has 0 amide bonds. The van der Waals surface area contributed by atoms with Crippen LogP contribution in [0.5, 0.6) is 0 Å². The van der Waals surface area contributed by atoms with Crippen molar-refractivity contribution in [3.8, 4) is 0 Å². The summed E-state index contributed by atoms with van der Waals surface area (Å²) in [5.41, 5.74) is 2.96. The minimum absolute atomic E-state index is 0.289. The van der Waals surface area contributed by atoms with Crippen LogP contribution < -0.4 is 5.32 Å². The monoisotopic (exact) mass is 217 g/mol. The Morgan fingerprint density at radius 3 is 2.62 bits per heavy atom. The normalized spacial score (nSPS) is 12.6. The molecule has 16 heavy (non-hydrogen) atoms. The third-order valence-corrected chi connectivity index (χ3v) is 2.62. The van der Waals surface area contributed by atoms with Gasteiger partial charge >= 0.3 is 0 Å². The van der Waals surface area contributed by atoms with Gasteiger partial charge in [-0.05, 0) is 19.4 Å². The van der Waals surface area contributed by atoms with Gasteiger partial charge in [-0.1, -0.05) is 40.6 Å². The summed E-state index contributed by atoms with van der Waals surface area (Å²) in [5.74, 6) is 0. The Labute approximate surface area is 94.6 Å². The molecule has 1 aromatic heterocycles. The molecule has 0 spiro atoms. The molecule has 0 aliphatic heterocycles. The maximum Gasteiger partial charge on any atom is 0.121 e. The van der Waals surface area contributed by atoms with E-state index in [4.69, 9.17) is 0 Å². The molecule has 0 saturated heterocycles. The van der Waals surface area contributed by atoms with Gasteiger partial charge < -0.3 is 5.32 Å². The fraction of sp³-hybridized carbons (Fsp3) is 0.333. The molecule has 0 bridgehead atoms. The van der Waals surface area contributed by atoms with Crippen LogP contribution >= 0.6 is 0 Å². The van der Waals surface area contributed by atoms with Crippen molar-refractivity contribution in [1.82, 2.24) is 15.6 Å². The van der Waals surface area contributed by atoms with E-state index in [0.29, 0.717) is 6.54 Å². The van der Waals surface area contributed by atoms with Crippen LogP contribution in [0.4, 0.5) is 0 Å². The highest BCUT2D eigenvalue weighted by Crippen LogP contribution is 2.12. The van der Waals surface area contributed by atoms with Crippen molar-refractivity contribution < 1.29 is 4.63 Å². The molecule has 2 aromatic rings. The fourth-order valence-electron chi connectivity index (χ4n) is 1.52. The molecule has 1 atom stereocenters. The van der Waals surface area contributed by atoms with Crippen LogP contribution in [0.1, 0.15) is 29.9 Å². The lowest BCUT2D eigenvalue weighted by molar-refractivity contribution is 0.300. The summed E-state index contributed by atoms with van der Waals surface area (Å²) in [6.45, 7) is 4.68. The summed E-state index contributed by atoms with van der Waals surface area (Å²) in [5, 5.41) is 11.0. The van der Waals surface area contributed by atoms with Gasteiger partial charge in [0.2, 0.25) is 0 Å². The van der Waals surface area contributed by atoms with E-state index in [1.807, 2.05) is 25.1 Å². The summed E-state index contributed by atoms with van der Waals surface area (Å²) in [6, 6.07) is 10.6. The Kier molecular flexibility index (Phi) is 3.31. The van der Waals surface area contributed by atoms with E-state index in [2.05, 4.69) is 39.3 Å². The molecule has 84 valence electrons. The Hall–Kier alpha value is -1.68. The molecule has 1 heterocycles. The Bertz CT molecular complexity index is 439. The highest BCUT2D eigenvalue weighted by Gasteiger charge is 2.08. The van der Waals surface area contributed by atoms with Gasteiger partial charge in [0.05, 0.1) is 0 Å². The molecule has 0 aliphatic rings. The van der Waals surface area contributed by atoms with Crippen molar-refractivity contribution in [2.24, 2.45) is 0 Å². The van der Waals surface area contributed by atoms with E-state index < -0.39 is 0 Å². The number of benzene rings is 1. The van der Waals surface area contributed by atoms with Gasteiger partial charge in [0.1, 0.15) is 11.4 Å². The Balaban J connectivity index is 1.94. The predicted octanol–water partition coefficient (Wildman–Crippen LogP) is 2.23. The number of rotatable bonds is 4. The number of hydrogen-bond acceptors (Lipinski definition) is 4. The molecule has 0 aliphatic carbocycles. The molecule has 1 aromatic carbocycles. The van der Waals surface area contributed by atoms with Gasteiger partial charge in [-0.3, -0.25) is 0 Å². The maximum atomic E-state index is 4.64. The van der Waals surface area contributed by atoms with Crippen LogP contribution in [0.25, 0.3) is 0 Å². The van der Waals surface area contributed by atoms with Gasteiger partial charge in [-0.2, -0.15) is 0 Å². The second-order valence-electron chi connectivity index (χ2n) is 3.81. The lowest BCUT2D eigenvalue weighted by Gasteiger charge is -2.12. The van der Waals surface area contributed by atoms with E-state index >= 15 is 0 Å². The van der Waals surface area contributed by atoms with E-state index in [0.717, 1.165) is 11.4 Å². The average Bonchev–Trinajstić information content (AvgIpc) is 2.73. The first-order valence-electron chi connectivity index (χ1n) is 5.33. The quantitative estimate of drug-likeness (QED) is 0.853. The zero-order chi connectivity index (χ0) is 11.4. The summed E-state index contributed by atoms with van der Waals surface area (Å²) < 4.78 is 4.64. The fourth-order valence-corrected chi connectivity index (χ4v) is 1.52. The van der Waals surface area contributed by atoms with Crippen molar-refractivity contribution in [2.75, 3.05) is 0 Å². The van der Waals surface area contributed by atoms with Crippen molar-refractivity contribution in [3.63, 3.8) is 0 Å². The standard InChI is InChI=1S/C12H15N3O/c1-9(11-6-4-3-5-7-11)13-8-12-10(2)14-16-15-12/h3-7,9,13H,8H2,1-2H3. The summed E-state index contributed by atoms with van der Waals surface area (Å²) in [4.78, 5) is 0. The molecule has 0 saturated carbocycles. The van der Waals surface area contributed by atoms with Crippen molar-refractivity contribution in [2.45, 2.75) is 26.4 Å². The van der Waals surface area contributed by atoms with Crippen LogP contribution in [0.2, 0.25) is 0 Å². The first kappa shape index (κ1) is 10.8. The smallest absolute Gasteiger partial charge is 0.121 e. The van der Waals surface area contributed by atoms with E-state index in [1.54, 1.807) is 0 Å². The molecule has 1 unspecified atom stereocenters. The summed E-state index contributed by atoms with van der Waals surface area (Å²) >= 11 is 0. The highest BCUT2D eigenvalue weighted by atomic mass is 16.6. The first-order chi connectivity index (χ1) is 7.77. The highest BCUT2D eigenvalue weighted by molar-refractivity contribution is 5.18. The van der Waals surface area contributed by atoms with Crippen LogP contribution in [0.3, 0.4) is 0 Å². The van der Waals surface area contributed by atoms with Crippen LogP contribution in [0, 0.1) is 6.92 Å². The molecule has 4 heteroatoms. The second-order valence-corrected chi connectivity index (χ2v) is 3.81. The van der Waals surface area contributed by atoms with E-state index in [9.17, 15) is 0 Å². The number of aryl methyl sites for hydroxylation is 1. The van der Waals surface area contributed by atoms with Gasteiger partial charge in [-0.15, -0.1) is 0 Å². The molecule has 1 N–H and O–H groups in total. The minimum atomic E-state index is 0.289. The van der Waals surface area contributed by atoms with Gasteiger partial charge in [0.25, 0.3) is 0 Å². The molecule has 2 rings (SSSR count). The molecular weight excluding hydrogens is 202 g/mol. The topological polar surface area (TPSA) is 51.0 Å². The second kappa shape index (κ2) is 4.90. The number of hydrogen-bond donors (Lipinski definition) is 1. The Morgan fingerprint density at radius 2 is 2.00 bits per heavy atom. The zero-order valence-corrected chi connectivity index (χ0v) is 9.47. The first-order valence-corrected chi connectivity index (χ1v) is 5.33. The predicted molar refractivity (Wildman–Crippen MR) is 60.7 cm³/mol. The minimum Gasteiger partial charge on any atom is -0.304 e. The van der Waals surface area contributed by atoms with Crippen LogP contribution in [-0.2, 0) is 6.54 Å². The maximum absolute atomic E-state index is 4.64. The van der Waals surface area contributed by atoms with Crippen molar-refractivity contribution in [3.05, 3.63) is 47.3 Å². The largest absolute Gasteiger partial charge is 0.304 e. The lowest BCUT2D eigenvalue weighted by Crippen LogP contribution is -2.18. The van der Waals surface area contributed by atoms with Crippen molar-refractivity contribution in [1.29, 1.82) is 0 Å². The number of nitrogens with zero attached hydrogens (tertiary/aromatic N) is 2. The molecule has 0 fully saturated rings. The molecule has 4 nitrogen and oxygen atoms in total. The van der Waals surface area contributed by atoms with E-state index in [-0.39, 0.29) is 6.04 Å². The SMILES string of the molecule is Cc1nonc1CNC(C)c1ccccc1. The van der Waals surface area contributed by atoms with E-state index in [1.165, 1.54) is 5.56 Å².